The van der Waals surface area contributed by atoms with Crippen molar-refractivity contribution in [3.05, 3.63) is 36.8 Å². The third-order valence-corrected chi connectivity index (χ3v) is 0.683. The third kappa shape index (κ3) is 4.64. The van der Waals surface area contributed by atoms with Gasteiger partial charge in [0.1, 0.15) is 5.76 Å². The molecular weight excluding hydrogens is 130 g/mol. The van der Waals surface area contributed by atoms with Gasteiger partial charge in [0.25, 0.3) is 6.47 Å². The zero-order valence-corrected chi connectivity index (χ0v) is 5.54. The van der Waals surface area contributed by atoms with Crippen molar-refractivity contribution in [3.8, 4) is 0 Å². The number of nitrogens with two attached hydrogens (primary N) is 1. The molecule has 0 aliphatic rings. The molecule has 3 nitrogen and oxygen atoms in total. The highest BCUT2D eigenvalue weighted by molar-refractivity contribution is 5.41. The van der Waals surface area contributed by atoms with Gasteiger partial charge in [0.15, 0.2) is 0 Å². The van der Waals surface area contributed by atoms with E-state index in [1.807, 2.05) is 0 Å². The van der Waals surface area contributed by atoms with Gasteiger partial charge in [0.2, 0.25) is 0 Å². The van der Waals surface area contributed by atoms with E-state index in [9.17, 15) is 4.79 Å². The van der Waals surface area contributed by atoms with Crippen LogP contribution in [0, 0.1) is 0 Å². The molecule has 0 unspecified atom stereocenters. The lowest BCUT2D eigenvalue weighted by Gasteiger charge is -1.92. The maximum Gasteiger partial charge on any atom is 0.298 e. The number of hydrogen-bond acceptors (Lipinski definition) is 3. The Bertz CT molecular complexity index is 182. The van der Waals surface area contributed by atoms with Gasteiger partial charge in [-0.05, 0) is 12.2 Å². The molecule has 0 bridgehead atoms. The molecule has 0 radical (unpaired) electrons. The first kappa shape index (κ1) is 8.49. The fraction of sp³-hybridized carbons (Fsp3) is 0. The number of carbonyl (C=O) groups excluding carboxylic acids is 1. The van der Waals surface area contributed by atoms with Crippen LogP contribution in [0.3, 0.4) is 0 Å². The SMILES string of the molecule is C=C(N)/C=C\C(=C)OC=O. The van der Waals surface area contributed by atoms with Gasteiger partial charge in [0, 0.05) is 5.70 Å². The standard InChI is InChI=1S/C7H9NO2/c1-6(8)3-4-7(2)10-5-9/h3-5H,1-2,8H2/b4-3-. The van der Waals surface area contributed by atoms with Gasteiger partial charge >= 0.3 is 0 Å². The Balaban J connectivity index is 3.77. The number of carbonyl (C=O) groups is 1. The molecule has 0 aliphatic heterocycles. The number of ether oxygens (including phenoxy) is 1. The molecule has 0 aromatic heterocycles. The Morgan fingerprint density at radius 2 is 2.00 bits per heavy atom. The smallest absolute Gasteiger partial charge is 0.298 e. The van der Waals surface area contributed by atoms with Crippen LogP contribution in [0.1, 0.15) is 0 Å². The Morgan fingerprint density at radius 3 is 2.40 bits per heavy atom. The minimum absolute atomic E-state index is 0.238. The van der Waals surface area contributed by atoms with Crippen LogP contribution in [-0.4, -0.2) is 6.47 Å². The van der Waals surface area contributed by atoms with Gasteiger partial charge in [-0.1, -0.05) is 13.2 Å². The Kier molecular flexibility index (Phi) is 3.72. The zero-order valence-electron chi connectivity index (χ0n) is 5.54. The quantitative estimate of drug-likeness (QED) is 0.354. The van der Waals surface area contributed by atoms with Crippen molar-refractivity contribution in [1.82, 2.24) is 0 Å². The van der Waals surface area contributed by atoms with Crippen LogP contribution in [0.4, 0.5) is 0 Å². The number of allylic oxidation sites excluding steroid dienone is 2. The first-order valence-electron chi connectivity index (χ1n) is 2.58. The van der Waals surface area contributed by atoms with Gasteiger partial charge in [-0.2, -0.15) is 0 Å². The Morgan fingerprint density at radius 1 is 1.40 bits per heavy atom. The molecule has 0 spiro atoms. The molecule has 0 amide bonds. The van der Waals surface area contributed by atoms with E-state index in [-0.39, 0.29) is 5.76 Å². The average molecular weight is 139 g/mol. The van der Waals surface area contributed by atoms with Gasteiger partial charge in [-0.15, -0.1) is 0 Å². The average Bonchev–Trinajstić information content (AvgIpc) is 1.85. The molecule has 0 rings (SSSR count). The second kappa shape index (κ2) is 4.38. The lowest BCUT2D eigenvalue weighted by molar-refractivity contribution is -0.124. The van der Waals surface area contributed by atoms with Crippen LogP contribution in [0.25, 0.3) is 0 Å². The van der Waals surface area contributed by atoms with Crippen LogP contribution in [0.15, 0.2) is 36.8 Å². The normalized spacial score (nSPS) is 9.20. The summed E-state index contributed by atoms with van der Waals surface area (Å²) in [6, 6.07) is 0. The van der Waals surface area contributed by atoms with E-state index in [0.717, 1.165) is 0 Å². The Hall–Kier alpha value is -1.51. The fourth-order valence-corrected chi connectivity index (χ4v) is 0.301. The van der Waals surface area contributed by atoms with E-state index in [2.05, 4.69) is 17.9 Å². The van der Waals surface area contributed by atoms with Crippen molar-refractivity contribution in [2.24, 2.45) is 5.73 Å². The number of hydrogen-bond donors (Lipinski definition) is 1. The molecule has 0 atom stereocenters. The van der Waals surface area contributed by atoms with E-state index in [1.54, 1.807) is 0 Å². The summed E-state index contributed by atoms with van der Waals surface area (Å²) in [5, 5.41) is 0. The van der Waals surface area contributed by atoms with Crippen molar-refractivity contribution in [3.63, 3.8) is 0 Å². The van der Waals surface area contributed by atoms with Crippen LogP contribution in [0.2, 0.25) is 0 Å². The summed E-state index contributed by atoms with van der Waals surface area (Å²) in [5.41, 5.74) is 5.56. The topological polar surface area (TPSA) is 52.3 Å². The first-order valence-corrected chi connectivity index (χ1v) is 2.58. The maximum atomic E-state index is 9.69. The highest BCUT2D eigenvalue weighted by atomic mass is 16.5. The first-order chi connectivity index (χ1) is 4.66. The summed E-state index contributed by atoms with van der Waals surface area (Å²) < 4.78 is 4.33. The molecule has 0 aromatic rings. The predicted molar refractivity (Wildman–Crippen MR) is 38.8 cm³/mol. The van der Waals surface area contributed by atoms with E-state index in [4.69, 9.17) is 5.73 Å². The van der Waals surface area contributed by atoms with Gasteiger partial charge in [0.05, 0.1) is 0 Å². The zero-order chi connectivity index (χ0) is 7.98. The highest BCUT2D eigenvalue weighted by Crippen LogP contribution is 1.93. The summed E-state index contributed by atoms with van der Waals surface area (Å²) in [6.45, 7) is 7.07. The minimum Gasteiger partial charge on any atom is -0.429 e. The number of rotatable bonds is 4. The van der Waals surface area contributed by atoms with Crippen molar-refractivity contribution in [1.29, 1.82) is 0 Å². The molecule has 0 saturated carbocycles. The Labute approximate surface area is 59.5 Å². The lowest BCUT2D eigenvalue weighted by Crippen LogP contribution is -1.89. The molecule has 0 saturated heterocycles. The molecule has 0 fully saturated rings. The molecule has 0 heterocycles. The molecule has 54 valence electrons. The van der Waals surface area contributed by atoms with Gasteiger partial charge in [-0.25, -0.2) is 0 Å². The predicted octanol–water partition coefficient (Wildman–Crippen LogP) is 0.702. The summed E-state index contributed by atoms with van der Waals surface area (Å²) in [4.78, 5) is 9.69. The summed E-state index contributed by atoms with van der Waals surface area (Å²) in [5.74, 6) is 0.238. The van der Waals surface area contributed by atoms with Crippen molar-refractivity contribution < 1.29 is 9.53 Å². The molecule has 0 aromatic carbocycles. The van der Waals surface area contributed by atoms with Gasteiger partial charge in [-0.3, -0.25) is 4.79 Å². The van der Waals surface area contributed by atoms with Crippen LogP contribution in [0.5, 0.6) is 0 Å². The summed E-state index contributed by atoms with van der Waals surface area (Å²) in [6.07, 6.45) is 2.95. The highest BCUT2D eigenvalue weighted by Gasteiger charge is 1.83. The van der Waals surface area contributed by atoms with Crippen molar-refractivity contribution >= 4 is 6.47 Å². The van der Waals surface area contributed by atoms with E-state index in [0.29, 0.717) is 12.2 Å². The molecule has 0 aliphatic carbocycles. The van der Waals surface area contributed by atoms with E-state index in [1.165, 1.54) is 12.2 Å². The second-order valence-electron chi connectivity index (χ2n) is 1.59. The van der Waals surface area contributed by atoms with Crippen LogP contribution >= 0.6 is 0 Å². The minimum atomic E-state index is 0.238. The molecule has 3 heteroatoms. The maximum absolute atomic E-state index is 9.69. The molecule has 10 heavy (non-hydrogen) atoms. The van der Waals surface area contributed by atoms with E-state index >= 15 is 0 Å². The van der Waals surface area contributed by atoms with E-state index < -0.39 is 0 Å². The second-order valence-corrected chi connectivity index (χ2v) is 1.59. The van der Waals surface area contributed by atoms with Gasteiger partial charge < -0.3 is 10.5 Å². The van der Waals surface area contributed by atoms with Crippen LogP contribution < -0.4 is 5.73 Å². The monoisotopic (exact) mass is 139 g/mol. The van der Waals surface area contributed by atoms with Crippen molar-refractivity contribution in [2.75, 3.05) is 0 Å². The van der Waals surface area contributed by atoms with Crippen molar-refractivity contribution in [2.45, 2.75) is 0 Å². The van der Waals surface area contributed by atoms with Crippen LogP contribution in [-0.2, 0) is 9.53 Å². The fourth-order valence-electron chi connectivity index (χ4n) is 0.301. The lowest BCUT2D eigenvalue weighted by atomic mass is 10.4. The summed E-state index contributed by atoms with van der Waals surface area (Å²) in [7, 11) is 0. The third-order valence-electron chi connectivity index (χ3n) is 0.683. The molecular formula is C7H9NO2. The molecule has 2 N–H and O–H groups in total. The largest absolute Gasteiger partial charge is 0.429 e. The summed E-state index contributed by atoms with van der Waals surface area (Å²) >= 11 is 0.